The molecule has 0 heterocycles. The molecule has 0 saturated heterocycles. The van der Waals surface area contributed by atoms with Crippen LogP contribution in [-0.2, 0) is 10.0 Å². The molecule has 0 radical (unpaired) electrons. The lowest BCUT2D eigenvalue weighted by Gasteiger charge is -2.16. The lowest BCUT2D eigenvalue weighted by Crippen LogP contribution is -2.24. The Hall–Kier alpha value is -0.780. The highest BCUT2D eigenvalue weighted by molar-refractivity contribution is 7.89. The van der Waals surface area contributed by atoms with E-state index in [1.165, 1.54) is 18.4 Å². The molecule has 1 N–H and O–H groups in total. The van der Waals surface area contributed by atoms with Gasteiger partial charge in [-0.2, -0.15) is 0 Å². The summed E-state index contributed by atoms with van der Waals surface area (Å²) in [5.74, 6) is 0. The van der Waals surface area contributed by atoms with Crippen LogP contribution in [0.15, 0.2) is 29.2 Å². The second kappa shape index (κ2) is 5.71. The minimum Gasteiger partial charge on any atom is -0.382 e. The van der Waals surface area contributed by atoms with Gasteiger partial charge in [-0.05, 0) is 19.1 Å². The summed E-state index contributed by atoms with van der Waals surface area (Å²) in [4.78, 5) is 0.266. The Kier molecular flexibility index (Phi) is 4.80. The van der Waals surface area contributed by atoms with E-state index in [0.29, 0.717) is 12.2 Å². The first-order valence-corrected chi connectivity index (χ1v) is 7.13. The number of alkyl halides is 1. The van der Waals surface area contributed by atoms with Gasteiger partial charge in [0.05, 0.1) is 5.69 Å². The summed E-state index contributed by atoms with van der Waals surface area (Å²) in [6.07, 6.45) is 0. The van der Waals surface area contributed by atoms with E-state index < -0.39 is 10.0 Å². The zero-order valence-corrected chi connectivity index (χ0v) is 11.7. The van der Waals surface area contributed by atoms with Crippen LogP contribution in [0.25, 0.3) is 0 Å². The number of halogens is 1. The number of hydrogen-bond acceptors (Lipinski definition) is 3. The molecule has 0 aliphatic rings. The minimum atomic E-state index is -3.43. The zero-order valence-electron chi connectivity index (χ0n) is 10.1. The first kappa shape index (κ1) is 14.3. The van der Waals surface area contributed by atoms with Crippen molar-refractivity contribution >= 4 is 27.3 Å². The molecule has 0 aliphatic heterocycles. The van der Waals surface area contributed by atoms with Crippen molar-refractivity contribution in [3.63, 3.8) is 0 Å². The Balaban J connectivity index is 3.08. The Morgan fingerprint density at radius 1 is 1.35 bits per heavy atom. The molecule has 0 spiro atoms. The van der Waals surface area contributed by atoms with Crippen LogP contribution in [-0.4, -0.2) is 38.7 Å². The molecule has 1 aromatic rings. The molecule has 0 aromatic heterocycles. The average Bonchev–Trinajstić information content (AvgIpc) is 2.26. The third kappa shape index (κ3) is 3.59. The third-order valence-corrected chi connectivity index (χ3v) is 4.25. The molecule has 1 atom stereocenters. The first-order valence-electron chi connectivity index (χ1n) is 5.25. The predicted octanol–water partition coefficient (Wildman–Crippen LogP) is 1.98. The van der Waals surface area contributed by atoms with Crippen LogP contribution in [0.3, 0.4) is 0 Å². The fourth-order valence-corrected chi connectivity index (χ4v) is 2.42. The summed E-state index contributed by atoms with van der Waals surface area (Å²) in [6, 6.07) is 6.80. The van der Waals surface area contributed by atoms with E-state index in [4.69, 9.17) is 11.6 Å². The molecule has 0 amide bonds. The normalized spacial score (nSPS) is 13.7. The van der Waals surface area contributed by atoms with Crippen molar-refractivity contribution in [3.05, 3.63) is 24.3 Å². The topological polar surface area (TPSA) is 49.4 Å². The van der Waals surface area contributed by atoms with Crippen molar-refractivity contribution < 1.29 is 8.42 Å². The number of sulfonamides is 1. The Morgan fingerprint density at radius 3 is 2.47 bits per heavy atom. The molecular weight excluding hydrogens is 260 g/mol. The van der Waals surface area contributed by atoms with Crippen molar-refractivity contribution in [3.8, 4) is 0 Å². The highest BCUT2D eigenvalue weighted by atomic mass is 35.5. The SMILES string of the molecule is CC(Cl)CNc1ccccc1S(=O)(=O)N(C)C. The van der Waals surface area contributed by atoms with Crippen LogP contribution in [0.2, 0.25) is 0 Å². The van der Waals surface area contributed by atoms with E-state index in [-0.39, 0.29) is 10.3 Å². The van der Waals surface area contributed by atoms with E-state index in [0.717, 1.165) is 0 Å². The number of benzene rings is 1. The standard InChI is InChI=1S/C11H17ClN2O2S/c1-9(12)8-13-10-6-4-5-7-11(10)17(15,16)14(2)3/h4-7,9,13H,8H2,1-3H3. The molecule has 0 bridgehead atoms. The quantitative estimate of drug-likeness (QED) is 0.837. The molecule has 1 rings (SSSR count). The van der Waals surface area contributed by atoms with Crippen molar-refractivity contribution in [2.45, 2.75) is 17.2 Å². The van der Waals surface area contributed by atoms with Gasteiger partial charge in [0.1, 0.15) is 4.90 Å². The predicted molar refractivity (Wildman–Crippen MR) is 71.1 cm³/mol. The first-order chi connectivity index (χ1) is 7.85. The number of para-hydroxylation sites is 1. The van der Waals surface area contributed by atoms with Gasteiger partial charge in [0.15, 0.2) is 0 Å². The lowest BCUT2D eigenvalue weighted by molar-refractivity contribution is 0.521. The van der Waals surface area contributed by atoms with Gasteiger partial charge in [0, 0.05) is 26.0 Å². The molecule has 17 heavy (non-hydrogen) atoms. The van der Waals surface area contributed by atoms with Crippen molar-refractivity contribution in [1.82, 2.24) is 4.31 Å². The zero-order chi connectivity index (χ0) is 13.1. The highest BCUT2D eigenvalue weighted by Crippen LogP contribution is 2.23. The maximum Gasteiger partial charge on any atom is 0.244 e. The number of nitrogens with zero attached hydrogens (tertiary/aromatic N) is 1. The van der Waals surface area contributed by atoms with Crippen LogP contribution in [0, 0.1) is 0 Å². The second-order valence-corrected chi connectivity index (χ2v) is 6.81. The second-order valence-electron chi connectivity index (χ2n) is 3.95. The largest absolute Gasteiger partial charge is 0.382 e. The van der Waals surface area contributed by atoms with E-state index in [1.54, 1.807) is 24.3 Å². The van der Waals surface area contributed by atoms with Gasteiger partial charge in [-0.1, -0.05) is 12.1 Å². The number of rotatable bonds is 5. The molecule has 4 nitrogen and oxygen atoms in total. The van der Waals surface area contributed by atoms with Gasteiger partial charge in [-0.3, -0.25) is 0 Å². The molecule has 96 valence electrons. The monoisotopic (exact) mass is 276 g/mol. The van der Waals surface area contributed by atoms with Gasteiger partial charge in [0.25, 0.3) is 0 Å². The molecule has 0 fully saturated rings. The van der Waals surface area contributed by atoms with E-state index in [9.17, 15) is 8.42 Å². The number of anilines is 1. The number of nitrogens with one attached hydrogen (secondary N) is 1. The highest BCUT2D eigenvalue weighted by Gasteiger charge is 2.20. The summed E-state index contributed by atoms with van der Waals surface area (Å²) < 4.78 is 25.3. The van der Waals surface area contributed by atoms with Crippen LogP contribution in [0.1, 0.15) is 6.92 Å². The minimum absolute atomic E-state index is 0.0647. The molecule has 1 aromatic carbocycles. The average molecular weight is 277 g/mol. The molecule has 6 heteroatoms. The molecular formula is C11H17ClN2O2S. The molecule has 0 saturated carbocycles. The maximum absolute atomic E-state index is 12.1. The third-order valence-electron chi connectivity index (χ3n) is 2.22. The Morgan fingerprint density at radius 2 is 1.94 bits per heavy atom. The van der Waals surface area contributed by atoms with Crippen molar-refractivity contribution in [1.29, 1.82) is 0 Å². The fraction of sp³-hybridized carbons (Fsp3) is 0.455. The van der Waals surface area contributed by atoms with Crippen LogP contribution < -0.4 is 5.32 Å². The van der Waals surface area contributed by atoms with E-state index >= 15 is 0 Å². The summed E-state index contributed by atoms with van der Waals surface area (Å²) in [7, 11) is -0.407. The van der Waals surface area contributed by atoms with Gasteiger partial charge >= 0.3 is 0 Å². The smallest absolute Gasteiger partial charge is 0.244 e. The summed E-state index contributed by atoms with van der Waals surface area (Å²) >= 11 is 5.83. The van der Waals surface area contributed by atoms with Crippen LogP contribution in [0.4, 0.5) is 5.69 Å². The summed E-state index contributed by atoms with van der Waals surface area (Å²) in [5, 5.41) is 2.97. The summed E-state index contributed by atoms with van der Waals surface area (Å²) in [6.45, 7) is 2.36. The Bertz CT molecular complexity index is 472. The number of hydrogen-bond donors (Lipinski definition) is 1. The molecule has 0 aliphatic carbocycles. The lowest BCUT2D eigenvalue weighted by atomic mass is 10.3. The van der Waals surface area contributed by atoms with Crippen LogP contribution in [0.5, 0.6) is 0 Å². The van der Waals surface area contributed by atoms with Gasteiger partial charge in [0.2, 0.25) is 10.0 Å². The Labute approximate surface area is 108 Å². The molecule has 1 unspecified atom stereocenters. The van der Waals surface area contributed by atoms with Gasteiger partial charge < -0.3 is 5.32 Å². The van der Waals surface area contributed by atoms with Gasteiger partial charge in [-0.15, -0.1) is 11.6 Å². The summed E-state index contributed by atoms with van der Waals surface area (Å²) in [5.41, 5.74) is 0.578. The van der Waals surface area contributed by atoms with Crippen molar-refractivity contribution in [2.24, 2.45) is 0 Å². The van der Waals surface area contributed by atoms with Crippen molar-refractivity contribution in [2.75, 3.05) is 26.0 Å². The maximum atomic E-state index is 12.1. The van der Waals surface area contributed by atoms with Gasteiger partial charge in [-0.25, -0.2) is 12.7 Å². The van der Waals surface area contributed by atoms with E-state index in [2.05, 4.69) is 5.32 Å². The fourth-order valence-electron chi connectivity index (χ4n) is 1.28. The van der Waals surface area contributed by atoms with E-state index in [1.807, 2.05) is 6.92 Å². The van der Waals surface area contributed by atoms with Crippen LogP contribution >= 0.6 is 11.6 Å².